The van der Waals surface area contributed by atoms with Crippen molar-refractivity contribution in [2.45, 2.75) is 18.9 Å². The molecule has 1 amide bonds. The zero-order valence-corrected chi connectivity index (χ0v) is 10.2. The minimum atomic E-state index is -0.348. The molecule has 0 saturated heterocycles. The predicted octanol–water partition coefficient (Wildman–Crippen LogP) is 2.48. The first-order valence-electron chi connectivity index (χ1n) is 5.17. The van der Waals surface area contributed by atoms with Crippen LogP contribution in [-0.4, -0.2) is 11.9 Å². The van der Waals surface area contributed by atoms with Crippen molar-refractivity contribution < 1.29 is 4.79 Å². The Balaban J connectivity index is 2.08. The molecule has 0 spiro atoms. The average Bonchev–Trinajstić information content (AvgIpc) is 3.10. The van der Waals surface area contributed by atoms with E-state index in [1.165, 1.54) is 0 Å². The highest BCUT2D eigenvalue weighted by atomic mass is 79.9. The summed E-state index contributed by atoms with van der Waals surface area (Å²) in [6.45, 7) is 0. The molecule has 0 heterocycles. The van der Waals surface area contributed by atoms with Gasteiger partial charge in [0.05, 0.1) is 11.6 Å². The number of benzene rings is 1. The van der Waals surface area contributed by atoms with Crippen molar-refractivity contribution in [3.8, 4) is 6.07 Å². The molecule has 0 aromatic heterocycles. The van der Waals surface area contributed by atoms with Crippen LogP contribution in [0.3, 0.4) is 0 Å². The van der Waals surface area contributed by atoms with Crippen LogP contribution < -0.4 is 5.32 Å². The Labute approximate surface area is 103 Å². The number of carbonyl (C=O) groups excluding carboxylic acids is 1. The minimum Gasteiger partial charge on any atom is -0.336 e. The van der Waals surface area contributed by atoms with Crippen LogP contribution in [0.15, 0.2) is 28.7 Å². The van der Waals surface area contributed by atoms with Gasteiger partial charge in [0.2, 0.25) is 0 Å². The van der Waals surface area contributed by atoms with Crippen LogP contribution in [0.5, 0.6) is 0 Å². The first-order chi connectivity index (χ1) is 7.72. The van der Waals surface area contributed by atoms with Crippen LogP contribution in [0.25, 0.3) is 0 Å². The third-order valence-corrected chi connectivity index (χ3v) is 3.33. The van der Waals surface area contributed by atoms with E-state index in [2.05, 4.69) is 27.3 Å². The number of nitrogens with one attached hydrogen (secondary N) is 1. The van der Waals surface area contributed by atoms with E-state index < -0.39 is 0 Å². The summed E-state index contributed by atoms with van der Waals surface area (Å²) in [5.41, 5.74) is 0.573. The Morgan fingerprint density at radius 1 is 1.50 bits per heavy atom. The van der Waals surface area contributed by atoms with E-state index in [-0.39, 0.29) is 11.9 Å². The number of nitrogens with zero attached hydrogens (tertiary/aromatic N) is 1. The van der Waals surface area contributed by atoms with Gasteiger partial charge in [0.15, 0.2) is 0 Å². The molecule has 1 unspecified atom stereocenters. The van der Waals surface area contributed by atoms with Crippen molar-refractivity contribution >= 4 is 21.8 Å². The lowest BCUT2D eigenvalue weighted by Crippen LogP contribution is -2.35. The summed E-state index contributed by atoms with van der Waals surface area (Å²) in [5.74, 6) is 0.155. The highest BCUT2D eigenvalue weighted by molar-refractivity contribution is 9.10. The number of halogens is 1. The van der Waals surface area contributed by atoms with Crippen molar-refractivity contribution in [3.05, 3.63) is 34.3 Å². The smallest absolute Gasteiger partial charge is 0.253 e. The summed E-state index contributed by atoms with van der Waals surface area (Å²) in [5, 5.41) is 11.7. The fraction of sp³-hybridized carbons (Fsp3) is 0.333. The van der Waals surface area contributed by atoms with Gasteiger partial charge in [0, 0.05) is 4.47 Å². The first-order valence-corrected chi connectivity index (χ1v) is 5.96. The van der Waals surface area contributed by atoms with Crippen molar-refractivity contribution in [1.29, 1.82) is 5.26 Å². The Morgan fingerprint density at radius 2 is 2.19 bits per heavy atom. The normalized spacial score (nSPS) is 16.2. The van der Waals surface area contributed by atoms with Crippen LogP contribution >= 0.6 is 15.9 Å². The van der Waals surface area contributed by atoms with E-state index in [0.29, 0.717) is 11.5 Å². The summed E-state index contributed by atoms with van der Waals surface area (Å²) in [7, 11) is 0. The maximum atomic E-state index is 11.9. The van der Waals surface area contributed by atoms with Gasteiger partial charge in [-0.2, -0.15) is 5.26 Å². The molecule has 82 valence electrons. The number of rotatable bonds is 3. The lowest BCUT2D eigenvalue weighted by atomic mass is 10.1. The first kappa shape index (κ1) is 11.2. The van der Waals surface area contributed by atoms with E-state index in [4.69, 9.17) is 5.26 Å². The van der Waals surface area contributed by atoms with Crippen molar-refractivity contribution in [2.75, 3.05) is 0 Å². The van der Waals surface area contributed by atoms with Crippen molar-refractivity contribution in [2.24, 2.45) is 5.92 Å². The van der Waals surface area contributed by atoms with Crippen LogP contribution in [0, 0.1) is 17.2 Å². The quantitative estimate of drug-likeness (QED) is 0.924. The Bertz CT molecular complexity index is 449. The largest absolute Gasteiger partial charge is 0.336 e. The number of nitriles is 1. The monoisotopic (exact) mass is 278 g/mol. The van der Waals surface area contributed by atoms with Gasteiger partial charge >= 0.3 is 0 Å². The summed E-state index contributed by atoms with van der Waals surface area (Å²) in [4.78, 5) is 11.9. The summed E-state index contributed by atoms with van der Waals surface area (Å²) < 4.78 is 0.750. The molecule has 1 aliphatic carbocycles. The molecule has 0 radical (unpaired) electrons. The lowest BCUT2D eigenvalue weighted by molar-refractivity contribution is 0.0941. The average molecular weight is 279 g/mol. The molecule has 1 aliphatic rings. The van der Waals surface area contributed by atoms with Crippen LogP contribution in [0.2, 0.25) is 0 Å². The molecule has 2 rings (SSSR count). The van der Waals surface area contributed by atoms with Crippen molar-refractivity contribution in [3.63, 3.8) is 0 Å². The summed E-state index contributed by atoms with van der Waals surface area (Å²) in [6.07, 6.45) is 2.07. The number of hydrogen-bond acceptors (Lipinski definition) is 2. The molecule has 1 fully saturated rings. The van der Waals surface area contributed by atoms with Gasteiger partial charge in [-0.25, -0.2) is 0 Å². The van der Waals surface area contributed by atoms with Crippen LogP contribution in [0.1, 0.15) is 23.2 Å². The van der Waals surface area contributed by atoms with Crippen LogP contribution in [-0.2, 0) is 0 Å². The standard InChI is InChI=1S/C12H11BrN2O/c13-10-4-2-1-3-9(10)12(16)15-11(7-14)8-5-6-8/h1-4,8,11H,5-6H2,(H,15,16). The van der Waals surface area contributed by atoms with Gasteiger partial charge in [-0.3, -0.25) is 4.79 Å². The highest BCUT2D eigenvalue weighted by Crippen LogP contribution is 2.32. The van der Waals surface area contributed by atoms with Gasteiger partial charge in [0.1, 0.15) is 6.04 Å². The summed E-state index contributed by atoms with van der Waals surface area (Å²) >= 11 is 3.32. The molecule has 0 bridgehead atoms. The predicted molar refractivity (Wildman–Crippen MR) is 63.7 cm³/mol. The second-order valence-corrected chi connectivity index (χ2v) is 4.75. The number of hydrogen-bond donors (Lipinski definition) is 1. The van der Waals surface area contributed by atoms with E-state index in [1.807, 2.05) is 12.1 Å². The fourth-order valence-corrected chi connectivity index (χ4v) is 2.01. The second kappa shape index (κ2) is 4.67. The Hall–Kier alpha value is -1.34. The third kappa shape index (κ3) is 2.42. The SMILES string of the molecule is N#CC(NC(=O)c1ccccc1Br)C1CC1. The molecule has 1 saturated carbocycles. The van der Waals surface area contributed by atoms with Gasteiger partial charge in [-0.05, 0) is 46.8 Å². The minimum absolute atomic E-state index is 0.189. The van der Waals surface area contributed by atoms with Gasteiger partial charge in [0.25, 0.3) is 5.91 Å². The molecule has 1 N–H and O–H groups in total. The van der Waals surface area contributed by atoms with Gasteiger partial charge in [-0.15, -0.1) is 0 Å². The zero-order chi connectivity index (χ0) is 11.5. The molecule has 0 aliphatic heterocycles. The zero-order valence-electron chi connectivity index (χ0n) is 8.61. The molecule has 1 atom stereocenters. The van der Waals surface area contributed by atoms with E-state index in [0.717, 1.165) is 17.3 Å². The maximum absolute atomic E-state index is 11.9. The van der Waals surface area contributed by atoms with Gasteiger partial charge < -0.3 is 5.32 Å². The Kier molecular flexibility index (Phi) is 3.25. The maximum Gasteiger partial charge on any atom is 0.253 e. The topological polar surface area (TPSA) is 52.9 Å². The lowest BCUT2D eigenvalue weighted by Gasteiger charge is -2.11. The van der Waals surface area contributed by atoms with E-state index in [1.54, 1.807) is 12.1 Å². The highest BCUT2D eigenvalue weighted by Gasteiger charge is 2.32. The van der Waals surface area contributed by atoms with E-state index in [9.17, 15) is 4.79 Å². The molecular formula is C12H11BrN2O. The molecule has 3 nitrogen and oxygen atoms in total. The number of carbonyl (C=O) groups is 1. The molecular weight excluding hydrogens is 268 g/mol. The van der Waals surface area contributed by atoms with Crippen LogP contribution in [0.4, 0.5) is 0 Å². The third-order valence-electron chi connectivity index (χ3n) is 2.64. The molecule has 16 heavy (non-hydrogen) atoms. The van der Waals surface area contributed by atoms with Crippen molar-refractivity contribution in [1.82, 2.24) is 5.32 Å². The molecule has 1 aromatic rings. The fourth-order valence-electron chi connectivity index (χ4n) is 1.55. The van der Waals surface area contributed by atoms with E-state index >= 15 is 0 Å². The second-order valence-electron chi connectivity index (χ2n) is 3.90. The van der Waals surface area contributed by atoms with Gasteiger partial charge in [-0.1, -0.05) is 12.1 Å². The number of amides is 1. The molecule has 1 aromatic carbocycles. The summed E-state index contributed by atoms with van der Waals surface area (Å²) in [6, 6.07) is 8.99. The Morgan fingerprint density at radius 3 is 2.75 bits per heavy atom. The molecule has 4 heteroatoms.